The molecule has 2 aromatic rings. The van der Waals surface area contributed by atoms with Gasteiger partial charge in [0.25, 0.3) is 0 Å². The normalized spacial score (nSPS) is 10.8. The number of ether oxygens (including phenoxy) is 1. The van der Waals surface area contributed by atoms with E-state index in [0.717, 1.165) is 15.9 Å². The highest BCUT2D eigenvalue weighted by Gasteiger charge is 2.12. The summed E-state index contributed by atoms with van der Waals surface area (Å²) in [6.45, 7) is 1.90. The molecule has 0 atom stereocenters. The summed E-state index contributed by atoms with van der Waals surface area (Å²) in [6.07, 6.45) is 0. The fraction of sp³-hybridized carbons (Fsp3) is 0.308. The van der Waals surface area contributed by atoms with E-state index in [9.17, 15) is 4.39 Å². The minimum Gasteiger partial charge on any atom is -0.484 e. The molecule has 0 radical (unpaired) electrons. The Morgan fingerprint density at radius 3 is 2.74 bits per heavy atom. The van der Waals surface area contributed by atoms with E-state index >= 15 is 0 Å². The lowest BCUT2D eigenvalue weighted by atomic mass is 10.2. The molecule has 4 nitrogen and oxygen atoms in total. The number of aliphatic hydroxyl groups excluding tert-OH is 1. The van der Waals surface area contributed by atoms with Crippen LogP contribution in [0.2, 0.25) is 0 Å². The zero-order chi connectivity index (χ0) is 14.0. The Hall–Kier alpha value is -1.40. The molecule has 0 aliphatic carbocycles. The largest absolute Gasteiger partial charge is 0.484 e. The number of aromatic nitrogens is 2. The smallest absolute Gasteiger partial charge is 0.165 e. The molecule has 1 N–H and O–H groups in total. The van der Waals surface area contributed by atoms with Crippen molar-refractivity contribution < 1.29 is 14.2 Å². The maximum atomic E-state index is 13.7. The van der Waals surface area contributed by atoms with Crippen molar-refractivity contribution in [1.29, 1.82) is 0 Å². The van der Waals surface area contributed by atoms with Crippen molar-refractivity contribution in [3.05, 3.63) is 45.4 Å². The second kappa shape index (κ2) is 5.71. The second-order valence-corrected chi connectivity index (χ2v) is 4.97. The van der Waals surface area contributed by atoms with Crippen LogP contribution in [-0.4, -0.2) is 14.9 Å². The summed E-state index contributed by atoms with van der Waals surface area (Å²) >= 11 is 3.43. The first-order valence-corrected chi connectivity index (χ1v) is 6.52. The van der Waals surface area contributed by atoms with E-state index in [4.69, 9.17) is 9.84 Å². The van der Waals surface area contributed by atoms with Crippen LogP contribution in [0.4, 0.5) is 4.39 Å². The van der Waals surface area contributed by atoms with E-state index in [-0.39, 0.29) is 19.0 Å². The Morgan fingerprint density at radius 1 is 1.47 bits per heavy atom. The van der Waals surface area contributed by atoms with Crippen molar-refractivity contribution in [2.24, 2.45) is 7.05 Å². The van der Waals surface area contributed by atoms with Crippen LogP contribution in [-0.2, 0) is 20.3 Å². The van der Waals surface area contributed by atoms with Gasteiger partial charge >= 0.3 is 0 Å². The molecule has 0 aliphatic rings. The van der Waals surface area contributed by atoms with Crippen LogP contribution < -0.4 is 4.74 Å². The van der Waals surface area contributed by atoms with Crippen LogP contribution in [0.15, 0.2) is 22.7 Å². The molecule has 6 heteroatoms. The monoisotopic (exact) mass is 328 g/mol. The standard InChI is InChI=1S/C13H14BrFN2O2/c1-8-13(14)11(17(2)16-8)7-19-12-4-3-9(6-18)5-10(12)15/h3-5,18H,6-7H2,1-2H3. The van der Waals surface area contributed by atoms with E-state index in [0.29, 0.717) is 5.56 Å². The molecule has 1 heterocycles. The van der Waals surface area contributed by atoms with Crippen molar-refractivity contribution >= 4 is 15.9 Å². The number of rotatable bonds is 4. The third-order valence-corrected chi connectivity index (χ3v) is 3.84. The SMILES string of the molecule is Cc1nn(C)c(COc2ccc(CO)cc2F)c1Br. The Labute approximate surface area is 118 Å². The average Bonchev–Trinajstić information content (AvgIpc) is 2.62. The predicted octanol–water partition coefficient (Wildman–Crippen LogP) is 2.70. The van der Waals surface area contributed by atoms with E-state index < -0.39 is 5.82 Å². The molecule has 0 amide bonds. The minimum absolute atomic E-state index is 0.156. The quantitative estimate of drug-likeness (QED) is 0.938. The lowest BCUT2D eigenvalue weighted by Crippen LogP contribution is -2.04. The summed E-state index contributed by atoms with van der Waals surface area (Å²) in [5.41, 5.74) is 2.21. The fourth-order valence-corrected chi connectivity index (χ4v) is 2.19. The third kappa shape index (κ3) is 2.96. The Bertz CT molecular complexity index is 599. The van der Waals surface area contributed by atoms with E-state index in [2.05, 4.69) is 21.0 Å². The topological polar surface area (TPSA) is 47.3 Å². The first-order valence-electron chi connectivity index (χ1n) is 5.73. The summed E-state index contributed by atoms with van der Waals surface area (Å²) in [7, 11) is 1.81. The molecule has 0 saturated heterocycles. The number of nitrogens with zero attached hydrogens (tertiary/aromatic N) is 2. The lowest BCUT2D eigenvalue weighted by Gasteiger charge is -2.09. The highest BCUT2D eigenvalue weighted by atomic mass is 79.9. The first-order chi connectivity index (χ1) is 9.02. The number of aryl methyl sites for hydroxylation is 2. The van der Waals surface area contributed by atoms with Gasteiger partial charge < -0.3 is 9.84 Å². The summed E-state index contributed by atoms with van der Waals surface area (Å²) in [4.78, 5) is 0. The van der Waals surface area contributed by atoms with Crippen LogP contribution in [0.3, 0.4) is 0 Å². The molecule has 0 spiro atoms. The molecule has 0 bridgehead atoms. The molecule has 1 aromatic heterocycles. The molecule has 102 valence electrons. The summed E-state index contributed by atoms with van der Waals surface area (Å²) in [5, 5.41) is 13.1. The van der Waals surface area contributed by atoms with Gasteiger partial charge in [0.1, 0.15) is 6.61 Å². The molecule has 0 saturated carbocycles. The van der Waals surface area contributed by atoms with Gasteiger partial charge in [0, 0.05) is 7.05 Å². The average molecular weight is 329 g/mol. The van der Waals surface area contributed by atoms with Crippen molar-refractivity contribution in [2.75, 3.05) is 0 Å². The maximum absolute atomic E-state index is 13.7. The van der Waals surface area contributed by atoms with Gasteiger partial charge in [-0.1, -0.05) is 6.07 Å². The molecule has 2 rings (SSSR count). The Kier molecular flexibility index (Phi) is 4.21. The van der Waals surface area contributed by atoms with Crippen molar-refractivity contribution in [3.8, 4) is 5.75 Å². The van der Waals surface area contributed by atoms with E-state index in [1.807, 2.05) is 14.0 Å². The molecular formula is C13H14BrFN2O2. The molecule has 19 heavy (non-hydrogen) atoms. The van der Waals surface area contributed by atoms with Crippen molar-refractivity contribution in [2.45, 2.75) is 20.1 Å². The summed E-state index contributed by atoms with van der Waals surface area (Å²) < 4.78 is 21.7. The predicted molar refractivity (Wildman–Crippen MR) is 72.3 cm³/mol. The number of hydrogen-bond acceptors (Lipinski definition) is 3. The molecular weight excluding hydrogens is 315 g/mol. The zero-order valence-electron chi connectivity index (χ0n) is 10.7. The van der Waals surface area contributed by atoms with Gasteiger partial charge in [-0.25, -0.2) is 4.39 Å². The van der Waals surface area contributed by atoms with Gasteiger partial charge in [-0.2, -0.15) is 5.10 Å². The van der Waals surface area contributed by atoms with Gasteiger partial charge in [0.15, 0.2) is 11.6 Å². The Morgan fingerprint density at radius 2 is 2.21 bits per heavy atom. The van der Waals surface area contributed by atoms with Crippen LogP contribution in [0.25, 0.3) is 0 Å². The number of benzene rings is 1. The van der Waals surface area contributed by atoms with Gasteiger partial charge in [0.05, 0.1) is 22.5 Å². The summed E-state index contributed by atoms with van der Waals surface area (Å²) in [5.74, 6) is -0.329. The highest BCUT2D eigenvalue weighted by molar-refractivity contribution is 9.10. The van der Waals surface area contributed by atoms with Crippen LogP contribution in [0.1, 0.15) is 17.0 Å². The Balaban J connectivity index is 2.14. The highest BCUT2D eigenvalue weighted by Crippen LogP contribution is 2.24. The minimum atomic E-state index is -0.485. The number of halogens is 2. The lowest BCUT2D eigenvalue weighted by molar-refractivity contribution is 0.272. The molecule has 1 aromatic carbocycles. The fourth-order valence-electron chi connectivity index (χ4n) is 1.74. The molecule has 0 unspecified atom stereocenters. The first kappa shape index (κ1) is 14.0. The van der Waals surface area contributed by atoms with Crippen molar-refractivity contribution in [3.63, 3.8) is 0 Å². The van der Waals surface area contributed by atoms with Crippen LogP contribution >= 0.6 is 15.9 Å². The molecule has 0 aliphatic heterocycles. The van der Waals surface area contributed by atoms with Gasteiger partial charge in [0.2, 0.25) is 0 Å². The maximum Gasteiger partial charge on any atom is 0.165 e. The molecule has 0 fully saturated rings. The number of aliphatic hydroxyl groups is 1. The zero-order valence-corrected chi connectivity index (χ0v) is 12.2. The van der Waals surface area contributed by atoms with Gasteiger partial charge in [-0.3, -0.25) is 4.68 Å². The van der Waals surface area contributed by atoms with Crippen molar-refractivity contribution in [1.82, 2.24) is 9.78 Å². The van der Waals surface area contributed by atoms with E-state index in [1.165, 1.54) is 12.1 Å². The van der Waals surface area contributed by atoms with Crippen LogP contribution in [0.5, 0.6) is 5.75 Å². The second-order valence-electron chi connectivity index (χ2n) is 4.18. The van der Waals surface area contributed by atoms with Gasteiger partial charge in [-0.15, -0.1) is 0 Å². The third-order valence-electron chi connectivity index (χ3n) is 2.80. The van der Waals surface area contributed by atoms with Crippen LogP contribution in [0, 0.1) is 12.7 Å². The number of hydrogen-bond donors (Lipinski definition) is 1. The van der Waals surface area contributed by atoms with E-state index in [1.54, 1.807) is 10.7 Å². The summed E-state index contributed by atoms with van der Waals surface area (Å²) in [6, 6.07) is 4.40. The van der Waals surface area contributed by atoms with Gasteiger partial charge in [-0.05, 0) is 40.5 Å².